The Balaban J connectivity index is 2.07. The Kier molecular flexibility index (Phi) is 4.66. The van der Waals surface area contributed by atoms with E-state index in [2.05, 4.69) is 15.3 Å². The lowest BCUT2D eigenvalue weighted by Crippen LogP contribution is -2.13. The van der Waals surface area contributed by atoms with Gasteiger partial charge in [-0.05, 0) is 42.8 Å². The molecular formula is C17H12F6N4. The molecular weight excluding hydrogens is 374 g/mol. The molecule has 0 saturated heterocycles. The molecule has 27 heavy (non-hydrogen) atoms. The van der Waals surface area contributed by atoms with E-state index in [1.807, 2.05) is 0 Å². The van der Waals surface area contributed by atoms with Crippen molar-refractivity contribution in [3.05, 3.63) is 65.1 Å². The molecule has 0 unspecified atom stereocenters. The first-order valence-electron chi connectivity index (χ1n) is 7.64. The van der Waals surface area contributed by atoms with Gasteiger partial charge in [-0.1, -0.05) is 5.21 Å². The fourth-order valence-electron chi connectivity index (χ4n) is 2.66. The van der Waals surface area contributed by atoms with Crippen LogP contribution in [-0.2, 0) is 18.9 Å². The van der Waals surface area contributed by atoms with Gasteiger partial charge in [-0.3, -0.25) is 4.98 Å². The number of hydrogen-bond donors (Lipinski definition) is 0. The molecule has 0 N–H and O–H groups in total. The Morgan fingerprint density at radius 2 is 1.44 bits per heavy atom. The van der Waals surface area contributed by atoms with Crippen LogP contribution in [0.25, 0.3) is 11.3 Å². The van der Waals surface area contributed by atoms with Crippen LogP contribution in [0.2, 0.25) is 0 Å². The smallest absolute Gasteiger partial charge is 0.265 e. The van der Waals surface area contributed by atoms with Crippen molar-refractivity contribution in [3.8, 4) is 11.3 Å². The minimum Gasteiger partial charge on any atom is -0.265 e. The molecule has 0 aliphatic rings. The Bertz CT molecular complexity index is 912. The molecule has 0 saturated carbocycles. The van der Waals surface area contributed by atoms with Gasteiger partial charge in [-0.2, -0.15) is 26.3 Å². The zero-order valence-corrected chi connectivity index (χ0v) is 13.8. The van der Waals surface area contributed by atoms with E-state index in [1.165, 1.54) is 17.1 Å². The highest BCUT2D eigenvalue weighted by Crippen LogP contribution is 2.36. The van der Waals surface area contributed by atoms with Crippen molar-refractivity contribution >= 4 is 0 Å². The monoisotopic (exact) mass is 386 g/mol. The minimum atomic E-state index is -4.90. The van der Waals surface area contributed by atoms with Gasteiger partial charge >= 0.3 is 12.4 Å². The van der Waals surface area contributed by atoms with Crippen molar-refractivity contribution in [2.45, 2.75) is 25.8 Å². The first kappa shape index (κ1) is 18.9. The van der Waals surface area contributed by atoms with E-state index >= 15 is 0 Å². The predicted molar refractivity (Wildman–Crippen MR) is 83.5 cm³/mol. The summed E-state index contributed by atoms with van der Waals surface area (Å²) in [5.41, 5.74) is -1.29. The van der Waals surface area contributed by atoms with Crippen LogP contribution in [-0.4, -0.2) is 20.0 Å². The molecule has 0 fully saturated rings. The summed E-state index contributed by atoms with van der Waals surface area (Å²) < 4.78 is 79.3. The van der Waals surface area contributed by atoms with Crippen LogP contribution in [0.4, 0.5) is 26.3 Å². The third-order valence-electron chi connectivity index (χ3n) is 3.84. The van der Waals surface area contributed by atoms with Crippen LogP contribution >= 0.6 is 0 Å². The summed E-state index contributed by atoms with van der Waals surface area (Å²) in [6, 6.07) is 4.76. The van der Waals surface area contributed by atoms with Gasteiger partial charge in [-0.25, -0.2) is 4.68 Å². The number of nitrogens with zero attached hydrogens (tertiary/aromatic N) is 4. The zero-order valence-electron chi connectivity index (χ0n) is 13.8. The Morgan fingerprint density at radius 3 is 1.96 bits per heavy atom. The number of aromatic nitrogens is 4. The summed E-state index contributed by atoms with van der Waals surface area (Å²) in [4.78, 5) is 3.88. The van der Waals surface area contributed by atoms with Gasteiger partial charge in [0.05, 0.1) is 29.1 Å². The third kappa shape index (κ3) is 4.09. The van der Waals surface area contributed by atoms with E-state index in [1.54, 1.807) is 19.1 Å². The second-order valence-electron chi connectivity index (χ2n) is 5.83. The van der Waals surface area contributed by atoms with Gasteiger partial charge in [0.1, 0.15) is 0 Å². The molecule has 142 valence electrons. The molecule has 0 amide bonds. The molecule has 2 heterocycles. The van der Waals surface area contributed by atoms with Crippen LogP contribution in [0.15, 0.2) is 42.7 Å². The highest BCUT2D eigenvalue weighted by atomic mass is 19.4. The number of pyridine rings is 1. The summed E-state index contributed by atoms with van der Waals surface area (Å²) in [6.45, 7) is 1.35. The molecule has 1 aromatic carbocycles. The molecule has 0 aliphatic heterocycles. The summed E-state index contributed by atoms with van der Waals surface area (Å²) in [7, 11) is 0. The Hall–Kier alpha value is -2.91. The molecule has 0 atom stereocenters. The van der Waals surface area contributed by atoms with Crippen molar-refractivity contribution in [1.82, 2.24) is 20.0 Å². The van der Waals surface area contributed by atoms with E-state index in [9.17, 15) is 26.3 Å². The molecule has 2 aromatic heterocycles. The van der Waals surface area contributed by atoms with Gasteiger partial charge < -0.3 is 0 Å². The normalized spacial score (nSPS) is 12.4. The third-order valence-corrected chi connectivity index (χ3v) is 3.84. The SMILES string of the molecule is Cc1nnn(Cc2cc(C(F)(F)F)cc(C(F)(F)F)c2)c1-c1ccncc1. The van der Waals surface area contributed by atoms with Crippen LogP contribution in [0.3, 0.4) is 0 Å². The van der Waals surface area contributed by atoms with Crippen molar-refractivity contribution in [2.75, 3.05) is 0 Å². The zero-order chi connectivity index (χ0) is 19.8. The summed E-state index contributed by atoms with van der Waals surface area (Å²) in [5.74, 6) is 0. The average Bonchev–Trinajstić information content (AvgIpc) is 2.94. The van der Waals surface area contributed by atoms with Crippen molar-refractivity contribution in [1.29, 1.82) is 0 Å². The van der Waals surface area contributed by atoms with Crippen molar-refractivity contribution in [3.63, 3.8) is 0 Å². The Morgan fingerprint density at radius 1 is 0.889 bits per heavy atom. The number of benzene rings is 1. The van der Waals surface area contributed by atoms with E-state index in [4.69, 9.17) is 0 Å². The number of halogens is 6. The van der Waals surface area contributed by atoms with E-state index in [-0.39, 0.29) is 18.2 Å². The molecule has 0 spiro atoms. The molecule has 10 heteroatoms. The maximum Gasteiger partial charge on any atom is 0.416 e. The summed E-state index contributed by atoms with van der Waals surface area (Å²) in [5, 5.41) is 7.73. The highest BCUT2D eigenvalue weighted by Gasteiger charge is 2.37. The van der Waals surface area contributed by atoms with E-state index in [0.29, 0.717) is 29.1 Å². The molecule has 3 rings (SSSR count). The molecule has 0 aliphatic carbocycles. The fourth-order valence-corrected chi connectivity index (χ4v) is 2.66. The van der Waals surface area contributed by atoms with Gasteiger partial charge in [0.2, 0.25) is 0 Å². The quantitative estimate of drug-likeness (QED) is 0.611. The van der Waals surface area contributed by atoms with E-state index in [0.717, 1.165) is 0 Å². The van der Waals surface area contributed by atoms with E-state index < -0.39 is 23.5 Å². The Labute approximate surface area is 149 Å². The van der Waals surface area contributed by atoms with Gasteiger partial charge in [0.25, 0.3) is 0 Å². The second-order valence-corrected chi connectivity index (χ2v) is 5.83. The van der Waals surface area contributed by atoms with Gasteiger partial charge in [0, 0.05) is 18.0 Å². The number of alkyl halides is 6. The summed E-state index contributed by atoms with van der Waals surface area (Å²) >= 11 is 0. The van der Waals surface area contributed by atoms with Crippen LogP contribution in [0.5, 0.6) is 0 Å². The molecule has 0 radical (unpaired) electrons. The lowest BCUT2D eigenvalue weighted by atomic mass is 10.0. The van der Waals surface area contributed by atoms with Gasteiger partial charge in [-0.15, -0.1) is 5.10 Å². The van der Waals surface area contributed by atoms with Crippen molar-refractivity contribution < 1.29 is 26.3 Å². The minimum absolute atomic E-state index is 0.0971. The highest BCUT2D eigenvalue weighted by molar-refractivity contribution is 5.60. The molecule has 0 bridgehead atoms. The molecule has 3 aromatic rings. The molecule has 4 nitrogen and oxygen atoms in total. The maximum absolute atomic E-state index is 13.0. The summed E-state index contributed by atoms with van der Waals surface area (Å²) in [6.07, 6.45) is -6.78. The van der Waals surface area contributed by atoms with Crippen LogP contribution in [0.1, 0.15) is 22.4 Å². The lowest BCUT2D eigenvalue weighted by Gasteiger charge is -2.15. The first-order valence-corrected chi connectivity index (χ1v) is 7.64. The van der Waals surface area contributed by atoms with Gasteiger partial charge in [0.15, 0.2) is 0 Å². The maximum atomic E-state index is 13.0. The number of rotatable bonds is 3. The standard InChI is InChI=1S/C17H12F6N4/c1-10-15(12-2-4-24-5-3-12)27(26-25-10)9-11-6-13(16(18,19)20)8-14(7-11)17(21,22)23/h2-8H,9H2,1H3. The lowest BCUT2D eigenvalue weighted by molar-refractivity contribution is -0.143. The van der Waals surface area contributed by atoms with Crippen LogP contribution < -0.4 is 0 Å². The van der Waals surface area contributed by atoms with Crippen LogP contribution in [0, 0.1) is 6.92 Å². The number of hydrogen-bond acceptors (Lipinski definition) is 3. The predicted octanol–water partition coefficient (Wildman–Crippen LogP) is 4.73. The first-order chi connectivity index (χ1) is 12.6. The average molecular weight is 386 g/mol. The van der Waals surface area contributed by atoms with Crippen molar-refractivity contribution in [2.24, 2.45) is 0 Å². The number of aryl methyl sites for hydroxylation is 1. The largest absolute Gasteiger partial charge is 0.416 e. The second kappa shape index (κ2) is 6.67. The topological polar surface area (TPSA) is 43.6 Å². The fraction of sp³-hybridized carbons (Fsp3) is 0.235.